The third-order valence-corrected chi connectivity index (χ3v) is 4.11. The van der Waals surface area contributed by atoms with Crippen molar-refractivity contribution in [3.63, 3.8) is 0 Å². The number of rotatable bonds is 8. The molecule has 1 heterocycles. The number of nitrogens with one attached hydrogen (secondary N) is 1. The van der Waals surface area contributed by atoms with Gasteiger partial charge in [0.05, 0.1) is 19.7 Å². The molecular formula is C16H17N3O5S. The van der Waals surface area contributed by atoms with Crippen LogP contribution in [0.3, 0.4) is 0 Å². The number of methoxy groups -OCH3 is 1. The van der Waals surface area contributed by atoms with Gasteiger partial charge in [-0.15, -0.1) is 5.10 Å². The van der Waals surface area contributed by atoms with Crippen molar-refractivity contribution in [1.82, 2.24) is 5.32 Å². The van der Waals surface area contributed by atoms with Crippen LogP contribution in [-0.4, -0.2) is 47.3 Å². The van der Waals surface area contributed by atoms with E-state index in [9.17, 15) is 9.59 Å². The van der Waals surface area contributed by atoms with Crippen molar-refractivity contribution in [2.75, 3.05) is 13.7 Å². The minimum atomic E-state index is -1.04. The Bertz CT molecular complexity index is 732. The summed E-state index contributed by atoms with van der Waals surface area (Å²) < 4.78 is 10.7. The molecule has 0 radical (unpaired) electrons. The summed E-state index contributed by atoms with van der Waals surface area (Å²) in [5, 5.41) is 18.6. The summed E-state index contributed by atoms with van der Waals surface area (Å²) in [4.78, 5) is 22.3. The molecule has 1 aliphatic heterocycles. The first-order valence-electron chi connectivity index (χ1n) is 7.25. The van der Waals surface area contributed by atoms with E-state index >= 15 is 0 Å². The fourth-order valence-corrected chi connectivity index (χ4v) is 2.84. The van der Waals surface area contributed by atoms with Gasteiger partial charge in [0.25, 0.3) is 0 Å². The molecule has 1 amide bonds. The van der Waals surface area contributed by atoms with Crippen molar-refractivity contribution < 1.29 is 24.2 Å². The summed E-state index contributed by atoms with van der Waals surface area (Å²) in [5.74, 6) is -0.292. The van der Waals surface area contributed by atoms with Gasteiger partial charge in [-0.2, -0.15) is 5.10 Å². The molecule has 8 nitrogen and oxygen atoms in total. The second-order valence-corrected chi connectivity index (χ2v) is 6.04. The smallest absolute Gasteiger partial charge is 0.305 e. The number of carbonyl (C=O) groups is 2. The Balaban J connectivity index is 2.03. The van der Waals surface area contributed by atoms with E-state index in [0.29, 0.717) is 18.1 Å². The number of carboxylic acids is 1. The molecule has 1 aromatic rings. The Kier molecular flexibility index (Phi) is 6.58. The van der Waals surface area contributed by atoms with Gasteiger partial charge in [0.15, 0.2) is 16.7 Å². The molecule has 1 aliphatic rings. The van der Waals surface area contributed by atoms with Crippen LogP contribution in [0.5, 0.6) is 11.5 Å². The van der Waals surface area contributed by atoms with Gasteiger partial charge in [0, 0.05) is 0 Å². The second-order valence-electron chi connectivity index (χ2n) is 4.85. The molecule has 1 saturated heterocycles. The molecule has 2 rings (SSSR count). The fraction of sp³-hybridized carbons (Fsp3) is 0.250. The molecule has 2 N–H and O–H groups in total. The normalized spacial score (nSPS) is 18.4. The number of amides is 1. The maximum Gasteiger partial charge on any atom is 0.305 e. The van der Waals surface area contributed by atoms with E-state index in [4.69, 9.17) is 14.6 Å². The van der Waals surface area contributed by atoms with Crippen LogP contribution >= 0.6 is 11.8 Å². The first-order valence-corrected chi connectivity index (χ1v) is 8.13. The average molecular weight is 363 g/mol. The van der Waals surface area contributed by atoms with Gasteiger partial charge in [-0.05, 0) is 23.8 Å². The highest BCUT2D eigenvalue weighted by Crippen LogP contribution is 2.27. The molecule has 0 aromatic heterocycles. The standard InChI is InChI=1S/C16H17N3O5S/c1-3-6-24-11-5-4-10(7-12(11)23-2)9-17-19-16-18-15(22)13(25-16)8-14(20)21/h3-5,7,9,13H,1,6,8H2,2H3,(H,20,21)(H,18,19,22). The van der Waals surface area contributed by atoms with Crippen LogP contribution in [0.15, 0.2) is 41.1 Å². The largest absolute Gasteiger partial charge is 0.493 e. The number of thioether (sulfide) groups is 1. The lowest BCUT2D eigenvalue weighted by Gasteiger charge is -2.09. The number of hydrogen-bond donors (Lipinski definition) is 2. The maximum absolute atomic E-state index is 11.6. The molecule has 9 heteroatoms. The van der Waals surface area contributed by atoms with Crippen LogP contribution in [0.4, 0.5) is 0 Å². The zero-order valence-electron chi connectivity index (χ0n) is 13.5. The monoisotopic (exact) mass is 363 g/mol. The third kappa shape index (κ3) is 5.35. The maximum atomic E-state index is 11.6. The predicted molar refractivity (Wildman–Crippen MR) is 95.5 cm³/mol. The summed E-state index contributed by atoms with van der Waals surface area (Å²) >= 11 is 1.04. The lowest BCUT2D eigenvalue weighted by atomic mass is 10.2. The number of carboxylic acid groups (broad SMARTS) is 1. The van der Waals surface area contributed by atoms with Crippen LogP contribution in [0.2, 0.25) is 0 Å². The van der Waals surface area contributed by atoms with Gasteiger partial charge in [-0.25, -0.2) is 0 Å². The van der Waals surface area contributed by atoms with E-state index in [0.717, 1.165) is 17.3 Å². The van der Waals surface area contributed by atoms with E-state index in [1.807, 2.05) is 0 Å². The zero-order chi connectivity index (χ0) is 18.2. The molecule has 0 aliphatic carbocycles. The Hall–Kier alpha value is -2.81. The number of aliphatic carboxylic acids is 1. The molecule has 1 atom stereocenters. The van der Waals surface area contributed by atoms with E-state index in [2.05, 4.69) is 22.1 Å². The van der Waals surface area contributed by atoms with Crippen molar-refractivity contribution in [3.8, 4) is 11.5 Å². The number of hydrogen-bond acceptors (Lipinski definition) is 7. The molecule has 1 fully saturated rings. The Morgan fingerprint density at radius 1 is 1.48 bits per heavy atom. The third-order valence-electron chi connectivity index (χ3n) is 3.04. The van der Waals surface area contributed by atoms with Gasteiger partial charge >= 0.3 is 5.97 Å². The number of benzene rings is 1. The molecular weight excluding hydrogens is 346 g/mol. The molecule has 25 heavy (non-hydrogen) atoms. The fourth-order valence-electron chi connectivity index (χ4n) is 1.93. The number of ether oxygens (including phenoxy) is 2. The van der Waals surface area contributed by atoms with Crippen LogP contribution < -0.4 is 14.8 Å². The van der Waals surface area contributed by atoms with Crippen molar-refractivity contribution >= 4 is 35.0 Å². The van der Waals surface area contributed by atoms with Crippen LogP contribution in [-0.2, 0) is 9.59 Å². The minimum absolute atomic E-state index is 0.261. The van der Waals surface area contributed by atoms with Gasteiger partial charge in [-0.1, -0.05) is 24.4 Å². The number of amidine groups is 1. The zero-order valence-corrected chi connectivity index (χ0v) is 14.3. The summed E-state index contributed by atoms with van der Waals surface area (Å²) in [6.45, 7) is 3.95. The van der Waals surface area contributed by atoms with Crippen molar-refractivity contribution in [2.45, 2.75) is 11.7 Å². The van der Waals surface area contributed by atoms with Crippen molar-refractivity contribution in [1.29, 1.82) is 0 Å². The van der Waals surface area contributed by atoms with Gasteiger partial charge in [0.1, 0.15) is 11.9 Å². The van der Waals surface area contributed by atoms with Crippen LogP contribution in [0.1, 0.15) is 12.0 Å². The second kappa shape index (κ2) is 8.88. The predicted octanol–water partition coefficient (Wildman–Crippen LogP) is 1.66. The number of carbonyl (C=O) groups excluding carboxylic acids is 1. The molecule has 0 bridgehead atoms. The Morgan fingerprint density at radius 2 is 2.28 bits per heavy atom. The van der Waals surface area contributed by atoms with E-state index in [1.54, 1.807) is 24.3 Å². The van der Waals surface area contributed by atoms with E-state index in [1.165, 1.54) is 13.3 Å². The van der Waals surface area contributed by atoms with E-state index in [-0.39, 0.29) is 17.5 Å². The van der Waals surface area contributed by atoms with Crippen molar-refractivity contribution in [2.24, 2.45) is 10.2 Å². The highest BCUT2D eigenvalue weighted by Gasteiger charge is 2.32. The first-order chi connectivity index (χ1) is 12.0. The van der Waals surface area contributed by atoms with Crippen molar-refractivity contribution in [3.05, 3.63) is 36.4 Å². The SMILES string of the molecule is C=CCOc1ccc(C=NN=C2NC(=O)C(CC(=O)O)S2)cc1OC. The minimum Gasteiger partial charge on any atom is -0.493 e. The molecule has 1 unspecified atom stereocenters. The Morgan fingerprint density at radius 3 is 2.96 bits per heavy atom. The molecule has 132 valence electrons. The van der Waals surface area contributed by atoms with Gasteiger partial charge in [0.2, 0.25) is 5.91 Å². The lowest BCUT2D eigenvalue weighted by molar-refractivity contribution is -0.138. The van der Waals surface area contributed by atoms with Gasteiger partial charge < -0.3 is 19.9 Å². The summed E-state index contributed by atoms with van der Waals surface area (Å²) in [7, 11) is 1.53. The number of nitrogens with zero attached hydrogens (tertiary/aromatic N) is 2. The van der Waals surface area contributed by atoms with Crippen LogP contribution in [0.25, 0.3) is 0 Å². The average Bonchev–Trinajstić information content (AvgIpc) is 2.92. The summed E-state index contributed by atoms with van der Waals surface area (Å²) in [5.41, 5.74) is 0.726. The molecule has 0 spiro atoms. The van der Waals surface area contributed by atoms with Crippen LogP contribution in [0, 0.1) is 0 Å². The summed E-state index contributed by atoms with van der Waals surface area (Å²) in [6, 6.07) is 5.25. The first kappa shape index (κ1) is 18.5. The molecule has 0 saturated carbocycles. The molecule has 1 aromatic carbocycles. The van der Waals surface area contributed by atoms with E-state index < -0.39 is 11.2 Å². The Labute approximate surface area is 148 Å². The van der Waals surface area contributed by atoms with Gasteiger partial charge in [-0.3, -0.25) is 9.59 Å². The quantitative estimate of drug-likeness (QED) is 0.413. The highest BCUT2D eigenvalue weighted by molar-refractivity contribution is 8.15. The topological polar surface area (TPSA) is 110 Å². The lowest BCUT2D eigenvalue weighted by Crippen LogP contribution is -2.26. The highest BCUT2D eigenvalue weighted by atomic mass is 32.2. The summed E-state index contributed by atoms with van der Waals surface area (Å²) in [6.07, 6.45) is 2.86.